The molecule has 2 aromatic carbocycles. The standard InChI is InChI=1S/C19H16ClFN4O2/c1-11-16(21)6-13(18(22)26)7-17(11)24-19(27)14-8-23-25(10-14)9-12-4-2-3-5-15(12)20/h2-8,10H,9H2,1H3,(H2,22,26)(H,24,27). The van der Waals surface area contributed by atoms with Crippen LogP contribution in [0.4, 0.5) is 10.1 Å². The van der Waals surface area contributed by atoms with Crippen LogP contribution in [-0.2, 0) is 6.54 Å². The van der Waals surface area contributed by atoms with Gasteiger partial charge in [-0.1, -0.05) is 29.8 Å². The van der Waals surface area contributed by atoms with E-state index in [1.54, 1.807) is 16.9 Å². The number of amides is 2. The summed E-state index contributed by atoms with van der Waals surface area (Å²) in [6.07, 6.45) is 2.96. The maximum atomic E-state index is 13.9. The van der Waals surface area contributed by atoms with E-state index < -0.39 is 17.6 Å². The van der Waals surface area contributed by atoms with E-state index >= 15 is 0 Å². The number of halogens is 2. The fourth-order valence-corrected chi connectivity index (χ4v) is 2.71. The molecule has 0 atom stereocenters. The number of hydrogen-bond donors (Lipinski definition) is 2. The van der Waals surface area contributed by atoms with E-state index in [4.69, 9.17) is 17.3 Å². The van der Waals surface area contributed by atoms with Gasteiger partial charge in [0.05, 0.1) is 18.3 Å². The second-order valence-electron chi connectivity index (χ2n) is 5.97. The van der Waals surface area contributed by atoms with Gasteiger partial charge in [-0.2, -0.15) is 5.10 Å². The van der Waals surface area contributed by atoms with Gasteiger partial charge >= 0.3 is 0 Å². The lowest BCUT2D eigenvalue weighted by Crippen LogP contribution is -2.16. The topological polar surface area (TPSA) is 90.0 Å². The first kappa shape index (κ1) is 18.6. The number of hydrogen-bond acceptors (Lipinski definition) is 3. The molecule has 0 saturated heterocycles. The van der Waals surface area contributed by atoms with Crippen LogP contribution in [0.2, 0.25) is 5.02 Å². The van der Waals surface area contributed by atoms with Gasteiger partial charge in [0.15, 0.2) is 0 Å². The van der Waals surface area contributed by atoms with Crippen molar-refractivity contribution in [2.24, 2.45) is 5.73 Å². The van der Waals surface area contributed by atoms with E-state index in [-0.39, 0.29) is 22.4 Å². The molecule has 138 valence electrons. The fourth-order valence-electron chi connectivity index (χ4n) is 2.51. The Hall–Kier alpha value is -3.19. The molecule has 6 nitrogen and oxygen atoms in total. The molecule has 0 spiro atoms. The predicted molar refractivity (Wildman–Crippen MR) is 100 cm³/mol. The van der Waals surface area contributed by atoms with Crippen LogP contribution in [0, 0.1) is 12.7 Å². The van der Waals surface area contributed by atoms with Gasteiger partial charge in [-0.15, -0.1) is 0 Å². The quantitative estimate of drug-likeness (QED) is 0.704. The minimum atomic E-state index is -0.781. The number of nitrogens with one attached hydrogen (secondary N) is 1. The van der Waals surface area contributed by atoms with Crippen molar-refractivity contribution < 1.29 is 14.0 Å². The van der Waals surface area contributed by atoms with Crippen molar-refractivity contribution in [1.29, 1.82) is 0 Å². The summed E-state index contributed by atoms with van der Waals surface area (Å²) >= 11 is 6.13. The molecule has 0 radical (unpaired) electrons. The number of carbonyl (C=O) groups excluding carboxylic acids is 2. The lowest BCUT2D eigenvalue weighted by Gasteiger charge is -2.10. The molecule has 0 bridgehead atoms. The van der Waals surface area contributed by atoms with Gasteiger partial charge in [0.2, 0.25) is 5.91 Å². The fraction of sp³-hybridized carbons (Fsp3) is 0.105. The minimum absolute atomic E-state index is 0.0252. The zero-order valence-corrected chi connectivity index (χ0v) is 15.1. The Balaban J connectivity index is 1.79. The molecular weight excluding hydrogens is 371 g/mol. The smallest absolute Gasteiger partial charge is 0.258 e. The number of anilines is 1. The first-order chi connectivity index (χ1) is 12.8. The van der Waals surface area contributed by atoms with Crippen molar-refractivity contribution in [3.05, 3.63) is 81.9 Å². The van der Waals surface area contributed by atoms with Crippen LogP contribution in [0.5, 0.6) is 0 Å². The van der Waals surface area contributed by atoms with E-state index in [1.165, 1.54) is 19.2 Å². The highest BCUT2D eigenvalue weighted by atomic mass is 35.5. The molecule has 27 heavy (non-hydrogen) atoms. The first-order valence-corrected chi connectivity index (χ1v) is 8.40. The summed E-state index contributed by atoms with van der Waals surface area (Å²) in [6, 6.07) is 9.71. The highest BCUT2D eigenvalue weighted by molar-refractivity contribution is 6.31. The second-order valence-corrected chi connectivity index (χ2v) is 6.37. The van der Waals surface area contributed by atoms with Gasteiger partial charge < -0.3 is 11.1 Å². The molecule has 3 rings (SSSR count). The molecule has 0 unspecified atom stereocenters. The Labute approximate surface area is 159 Å². The number of benzene rings is 2. The molecule has 3 aromatic rings. The van der Waals surface area contributed by atoms with Crippen molar-refractivity contribution in [2.75, 3.05) is 5.32 Å². The van der Waals surface area contributed by atoms with Crippen LogP contribution in [0.25, 0.3) is 0 Å². The number of aromatic nitrogens is 2. The van der Waals surface area contributed by atoms with Gasteiger partial charge in [-0.25, -0.2) is 4.39 Å². The Morgan fingerprint density at radius 2 is 2.00 bits per heavy atom. The first-order valence-electron chi connectivity index (χ1n) is 8.02. The highest BCUT2D eigenvalue weighted by Gasteiger charge is 2.15. The Morgan fingerprint density at radius 3 is 2.70 bits per heavy atom. The number of nitrogens with zero attached hydrogens (tertiary/aromatic N) is 2. The SMILES string of the molecule is Cc1c(F)cc(C(N)=O)cc1NC(=O)c1cnn(Cc2ccccc2Cl)c1. The van der Waals surface area contributed by atoms with Crippen molar-refractivity contribution in [2.45, 2.75) is 13.5 Å². The number of primary amides is 1. The molecule has 1 heterocycles. The third-order valence-corrected chi connectivity index (χ3v) is 4.43. The molecule has 3 N–H and O–H groups in total. The molecule has 0 aliphatic carbocycles. The number of nitrogens with two attached hydrogens (primary N) is 1. The van der Waals surface area contributed by atoms with Crippen LogP contribution in [0.1, 0.15) is 31.8 Å². The van der Waals surface area contributed by atoms with Crippen molar-refractivity contribution in [1.82, 2.24) is 9.78 Å². The molecule has 0 fully saturated rings. The Morgan fingerprint density at radius 1 is 1.26 bits per heavy atom. The molecule has 0 saturated carbocycles. The molecule has 0 aliphatic rings. The average Bonchev–Trinajstić information content (AvgIpc) is 3.09. The summed E-state index contributed by atoms with van der Waals surface area (Å²) < 4.78 is 15.5. The molecule has 0 aliphatic heterocycles. The lowest BCUT2D eigenvalue weighted by atomic mass is 10.1. The van der Waals surface area contributed by atoms with Crippen LogP contribution in [-0.4, -0.2) is 21.6 Å². The monoisotopic (exact) mass is 386 g/mol. The third-order valence-electron chi connectivity index (χ3n) is 4.06. The minimum Gasteiger partial charge on any atom is -0.366 e. The predicted octanol–water partition coefficient (Wildman–Crippen LogP) is 3.38. The van der Waals surface area contributed by atoms with Gasteiger partial charge in [0, 0.05) is 28.0 Å². The third kappa shape index (κ3) is 4.15. The largest absolute Gasteiger partial charge is 0.366 e. The molecule has 8 heteroatoms. The number of carbonyl (C=O) groups is 2. The van der Waals surface area contributed by atoms with Crippen molar-refractivity contribution in [3.8, 4) is 0 Å². The van der Waals surface area contributed by atoms with E-state index in [1.807, 2.05) is 18.2 Å². The maximum Gasteiger partial charge on any atom is 0.258 e. The summed E-state index contributed by atoms with van der Waals surface area (Å²) in [5, 5.41) is 7.34. The van der Waals surface area contributed by atoms with Crippen molar-refractivity contribution >= 4 is 29.1 Å². The summed E-state index contributed by atoms with van der Waals surface area (Å²) in [7, 11) is 0. The zero-order chi connectivity index (χ0) is 19.6. The van der Waals surface area contributed by atoms with Gasteiger partial charge in [0.25, 0.3) is 5.91 Å². The summed E-state index contributed by atoms with van der Waals surface area (Å²) in [5.41, 5.74) is 6.69. The molecule has 2 amide bonds. The van der Waals surface area contributed by atoms with Crippen LogP contribution < -0.4 is 11.1 Å². The highest BCUT2D eigenvalue weighted by Crippen LogP contribution is 2.22. The van der Waals surface area contributed by atoms with Gasteiger partial charge in [-0.05, 0) is 30.7 Å². The maximum absolute atomic E-state index is 13.9. The normalized spacial score (nSPS) is 10.6. The average molecular weight is 387 g/mol. The summed E-state index contributed by atoms with van der Waals surface area (Å²) in [6.45, 7) is 1.90. The zero-order valence-electron chi connectivity index (χ0n) is 14.4. The molecular formula is C19H16ClFN4O2. The number of rotatable bonds is 5. The van der Waals surface area contributed by atoms with E-state index in [9.17, 15) is 14.0 Å². The summed E-state index contributed by atoms with van der Waals surface area (Å²) in [4.78, 5) is 23.8. The molecule has 1 aromatic heterocycles. The Kier molecular flexibility index (Phi) is 5.23. The van der Waals surface area contributed by atoms with Gasteiger partial charge in [-0.3, -0.25) is 14.3 Å². The second kappa shape index (κ2) is 7.59. The Bertz CT molecular complexity index is 1030. The summed E-state index contributed by atoms with van der Waals surface area (Å²) in [5.74, 6) is -1.89. The van der Waals surface area contributed by atoms with Gasteiger partial charge in [0.1, 0.15) is 5.82 Å². The van der Waals surface area contributed by atoms with Crippen molar-refractivity contribution in [3.63, 3.8) is 0 Å². The van der Waals surface area contributed by atoms with Crippen LogP contribution in [0.15, 0.2) is 48.8 Å². The lowest BCUT2D eigenvalue weighted by molar-refractivity contribution is 0.0995. The van der Waals surface area contributed by atoms with E-state index in [0.29, 0.717) is 11.6 Å². The van der Waals surface area contributed by atoms with Crippen LogP contribution >= 0.6 is 11.6 Å². The van der Waals surface area contributed by atoms with E-state index in [0.717, 1.165) is 11.6 Å². The van der Waals surface area contributed by atoms with E-state index in [2.05, 4.69) is 10.4 Å². The van der Waals surface area contributed by atoms with Crippen LogP contribution in [0.3, 0.4) is 0 Å².